The molecule has 0 aliphatic rings. The van der Waals surface area contributed by atoms with E-state index < -0.39 is 0 Å². The van der Waals surface area contributed by atoms with Gasteiger partial charge in [-0.1, -0.05) is 25.6 Å². The second-order valence-electron chi connectivity index (χ2n) is 3.92. The van der Waals surface area contributed by atoms with Crippen molar-refractivity contribution in [3.05, 3.63) is 22.1 Å². The lowest BCUT2D eigenvalue weighted by atomic mass is 10.2. The van der Waals surface area contributed by atoms with Gasteiger partial charge in [-0.25, -0.2) is 4.98 Å². The van der Waals surface area contributed by atoms with Gasteiger partial charge in [0.05, 0.1) is 0 Å². The number of aryl methyl sites for hydroxylation is 1. The zero-order chi connectivity index (χ0) is 12.0. The second kappa shape index (κ2) is 6.70. The molecule has 0 radical (unpaired) electrons. The summed E-state index contributed by atoms with van der Waals surface area (Å²) in [6.45, 7) is 8.11. The summed E-state index contributed by atoms with van der Waals surface area (Å²) in [7, 11) is 0. The van der Waals surface area contributed by atoms with Gasteiger partial charge >= 0.3 is 0 Å². The lowest BCUT2D eigenvalue weighted by Crippen LogP contribution is -2.22. The normalized spacial score (nSPS) is 12.7. The summed E-state index contributed by atoms with van der Waals surface area (Å²) in [6.07, 6.45) is 0. The van der Waals surface area contributed by atoms with Crippen LogP contribution in [-0.4, -0.2) is 28.8 Å². The van der Waals surface area contributed by atoms with Crippen molar-refractivity contribution in [2.24, 2.45) is 5.92 Å². The highest BCUT2D eigenvalue weighted by atomic mass is 32.2. The largest absolute Gasteiger partial charge is 0.317 e. The Kier molecular flexibility index (Phi) is 5.55. The fourth-order valence-electron chi connectivity index (χ4n) is 1.29. The van der Waals surface area contributed by atoms with Crippen molar-refractivity contribution in [2.45, 2.75) is 25.9 Å². The Hall–Kier alpha value is -0.810. The molecule has 0 saturated heterocycles. The Morgan fingerprint density at radius 1 is 1.62 bits per heavy atom. The summed E-state index contributed by atoms with van der Waals surface area (Å²) in [5, 5.41) is 4.02. The number of nitrogens with one attached hydrogen (secondary N) is 2. The molecule has 0 amide bonds. The Balaban J connectivity index is 2.45. The lowest BCUT2D eigenvalue weighted by Gasteiger charge is -2.10. The molecule has 90 valence electrons. The Morgan fingerprint density at radius 3 is 3.00 bits per heavy atom. The second-order valence-corrected chi connectivity index (χ2v) is 4.92. The molecular formula is C11H19N3OS. The Labute approximate surface area is 100 Å². The van der Waals surface area contributed by atoms with Gasteiger partial charge < -0.3 is 10.3 Å². The first-order chi connectivity index (χ1) is 7.61. The Morgan fingerprint density at radius 2 is 2.38 bits per heavy atom. The van der Waals surface area contributed by atoms with E-state index in [4.69, 9.17) is 0 Å². The van der Waals surface area contributed by atoms with Crippen LogP contribution < -0.4 is 10.9 Å². The molecule has 1 heterocycles. The molecule has 0 saturated carbocycles. The number of hydrogen-bond acceptors (Lipinski definition) is 4. The third-order valence-corrected chi connectivity index (χ3v) is 3.30. The predicted molar refractivity (Wildman–Crippen MR) is 68.0 cm³/mol. The third-order valence-electron chi connectivity index (χ3n) is 2.10. The molecule has 1 aromatic heterocycles. The monoisotopic (exact) mass is 241 g/mol. The van der Waals surface area contributed by atoms with Crippen molar-refractivity contribution in [3.63, 3.8) is 0 Å². The summed E-state index contributed by atoms with van der Waals surface area (Å²) in [4.78, 5) is 18.2. The van der Waals surface area contributed by atoms with Gasteiger partial charge in [0.2, 0.25) is 0 Å². The molecule has 16 heavy (non-hydrogen) atoms. The molecule has 0 aliphatic heterocycles. The first-order valence-electron chi connectivity index (χ1n) is 5.53. The number of aromatic amines is 1. The van der Waals surface area contributed by atoms with Crippen molar-refractivity contribution in [1.29, 1.82) is 0 Å². The van der Waals surface area contributed by atoms with Crippen LogP contribution in [0.5, 0.6) is 0 Å². The first kappa shape index (κ1) is 13.3. The molecule has 4 nitrogen and oxygen atoms in total. The zero-order valence-electron chi connectivity index (χ0n) is 10.0. The van der Waals surface area contributed by atoms with E-state index >= 15 is 0 Å². The van der Waals surface area contributed by atoms with Gasteiger partial charge in [-0.15, -0.1) is 0 Å². The first-order valence-corrected chi connectivity index (χ1v) is 6.52. The van der Waals surface area contributed by atoms with Crippen LogP contribution >= 0.6 is 11.8 Å². The summed E-state index contributed by atoms with van der Waals surface area (Å²) in [5.41, 5.74) is 0.694. The number of hydrogen-bond donors (Lipinski definition) is 2. The van der Waals surface area contributed by atoms with E-state index in [1.54, 1.807) is 11.8 Å². The molecule has 1 unspecified atom stereocenters. The maximum atomic E-state index is 11.2. The number of thioether (sulfide) groups is 1. The summed E-state index contributed by atoms with van der Waals surface area (Å²) in [6, 6.07) is 1.51. The summed E-state index contributed by atoms with van der Waals surface area (Å²) >= 11 is 1.60. The van der Waals surface area contributed by atoms with Gasteiger partial charge in [0, 0.05) is 17.5 Å². The highest BCUT2D eigenvalue weighted by molar-refractivity contribution is 7.99. The third kappa shape index (κ3) is 4.81. The van der Waals surface area contributed by atoms with E-state index in [-0.39, 0.29) is 5.56 Å². The highest BCUT2D eigenvalue weighted by Gasteiger charge is 2.04. The van der Waals surface area contributed by atoms with Crippen LogP contribution in [0, 0.1) is 12.8 Å². The molecule has 5 heteroatoms. The van der Waals surface area contributed by atoms with E-state index in [1.165, 1.54) is 6.07 Å². The van der Waals surface area contributed by atoms with Crippen LogP contribution in [0.3, 0.4) is 0 Å². The minimum Gasteiger partial charge on any atom is -0.317 e. The van der Waals surface area contributed by atoms with E-state index in [0.717, 1.165) is 24.5 Å². The van der Waals surface area contributed by atoms with Crippen molar-refractivity contribution in [3.8, 4) is 0 Å². The number of rotatable bonds is 6. The molecule has 1 atom stereocenters. The van der Waals surface area contributed by atoms with Gasteiger partial charge in [-0.3, -0.25) is 4.79 Å². The molecule has 0 aromatic carbocycles. The quantitative estimate of drug-likeness (QED) is 0.584. The van der Waals surface area contributed by atoms with Gasteiger partial charge in [0.1, 0.15) is 0 Å². The highest BCUT2D eigenvalue weighted by Crippen LogP contribution is 2.14. The molecule has 0 bridgehead atoms. The minimum atomic E-state index is -0.0747. The average Bonchev–Trinajstić information content (AvgIpc) is 2.22. The van der Waals surface area contributed by atoms with Crippen LogP contribution in [0.2, 0.25) is 0 Å². The molecule has 1 aromatic rings. The molecule has 0 fully saturated rings. The van der Waals surface area contributed by atoms with Crippen molar-refractivity contribution in [2.75, 3.05) is 18.8 Å². The summed E-state index contributed by atoms with van der Waals surface area (Å²) < 4.78 is 0. The molecule has 2 N–H and O–H groups in total. The van der Waals surface area contributed by atoms with Crippen LogP contribution in [0.4, 0.5) is 0 Å². The smallest absolute Gasteiger partial charge is 0.251 e. The van der Waals surface area contributed by atoms with E-state index in [1.807, 2.05) is 6.92 Å². The lowest BCUT2D eigenvalue weighted by molar-refractivity contribution is 0.573. The SMILES string of the molecule is CCNCC(C)CSc1nc(C)cc(=O)[nH]1. The van der Waals surface area contributed by atoms with Crippen molar-refractivity contribution < 1.29 is 0 Å². The van der Waals surface area contributed by atoms with Gasteiger partial charge in [0.15, 0.2) is 5.16 Å². The fourth-order valence-corrected chi connectivity index (χ4v) is 2.23. The topological polar surface area (TPSA) is 57.8 Å². The summed E-state index contributed by atoms with van der Waals surface area (Å²) in [5.74, 6) is 1.52. The number of H-pyrrole nitrogens is 1. The number of aromatic nitrogens is 2. The van der Waals surface area contributed by atoms with Crippen molar-refractivity contribution in [1.82, 2.24) is 15.3 Å². The van der Waals surface area contributed by atoms with Gasteiger partial charge in [0.25, 0.3) is 5.56 Å². The number of nitrogens with zero attached hydrogens (tertiary/aromatic N) is 1. The predicted octanol–water partition coefficient (Wildman–Crippen LogP) is 1.42. The van der Waals surface area contributed by atoms with E-state index in [9.17, 15) is 4.79 Å². The standard InChI is InChI=1S/C11H19N3OS/c1-4-12-6-8(2)7-16-11-13-9(3)5-10(15)14-11/h5,8,12H,4,6-7H2,1-3H3,(H,13,14,15). The maximum Gasteiger partial charge on any atom is 0.251 e. The van der Waals surface area contributed by atoms with E-state index in [2.05, 4.69) is 29.1 Å². The molecular weight excluding hydrogens is 222 g/mol. The fraction of sp³-hybridized carbons (Fsp3) is 0.636. The van der Waals surface area contributed by atoms with Gasteiger partial charge in [-0.05, 0) is 25.9 Å². The van der Waals surface area contributed by atoms with Crippen LogP contribution in [0.25, 0.3) is 0 Å². The van der Waals surface area contributed by atoms with Crippen LogP contribution in [0.1, 0.15) is 19.5 Å². The molecule has 1 rings (SSSR count). The Bertz CT molecular complexity index is 378. The maximum absolute atomic E-state index is 11.2. The van der Waals surface area contributed by atoms with E-state index in [0.29, 0.717) is 11.1 Å². The minimum absolute atomic E-state index is 0.0747. The van der Waals surface area contributed by atoms with Crippen LogP contribution in [-0.2, 0) is 0 Å². The van der Waals surface area contributed by atoms with Crippen LogP contribution in [0.15, 0.2) is 16.0 Å². The van der Waals surface area contributed by atoms with Crippen molar-refractivity contribution >= 4 is 11.8 Å². The average molecular weight is 241 g/mol. The van der Waals surface area contributed by atoms with Gasteiger partial charge in [-0.2, -0.15) is 0 Å². The zero-order valence-corrected chi connectivity index (χ0v) is 10.9. The molecule has 0 spiro atoms. The molecule has 0 aliphatic carbocycles.